The molecule has 1 heterocycles. The number of rotatable bonds is 26. The van der Waals surface area contributed by atoms with Crippen LogP contribution in [-0.4, -0.2) is 83.6 Å². The van der Waals surface area contributed by atoms with Crippen LogP contribution in [0.15, 0.2) is 0 Å². The van der Waals surface area contributed by atoms with Crippen LogP contribution in [0.1, 0.15) is 136 Å². The highest BCUT2D eigenvalue weighted by Crippen LogP contribution is 2.22. The molecule has 10 nitrogen and oxygen atoms in total. The number of aliphatic hydroxyl groups is 3. The SMILES string of the molecule is CCCCCCCCCCCNC(=O)[C@H](CO[C@H]1O[C@H](CN)[C@H](O)[C@H](O)[C@H]1O)NC(=O)CCCCCCCCCCC. The van der Waals surface area contributed by atoms with Crippen molar-refractivity contribution >= 4 is 11.8 Å². The number of carbonyl (C=O) groups is 2. The third kappa shape index (κ3) is 17.1. The zero-order valence-electron chi connectivity index (χ0n) is 26.6. The highest BCUT2D eigenvalue weighted by molar-refractivity contribution is 5.87. The van der Waals surface area contributed by atoms with Gasteiger partial charge in [-0.2, -0.15) is 0 Å². The average Bonchev–Trinajstić information content (AvgIpc) is 2.98. The fraction of sp³-hybridized carbons (Fsp3) is 0.938. The monoisotopic (exact) mass is 601 g/mol. The first-order valence-electron chi connectivity index (χ1n) is 16.9. The lowest BCUT2D eigenvalue weighted by atomic mass is 9.99. The van der Waals surface area contributed by atoms with Gasteiger partial charge in [-0.15, -0.1) is 0 Å². The first-order valence-corrected chi connectivity index (χ1v) is 16.9. The molecule has 0 spiro atoms. The maximum Gasteiger partial charge on any atom is 0.244 e. The van der Waals surface area contributed by atoms with Gasteiger partial charge in [0.15, 0.2) is 6.29 Å². The van der Waals surface area contributed by atoms with Crippen molar-refractivity contribution in [2.45, 2.75) is 173 Å². The van der Waals surface area contributed by atoms with Crippen LogP contribution in [0.2, 0.25) is 0 Å². The van der Waals surface area contributed by atoms with E-state index in [2.05, 4.69) is 24.5 Å². The second kappa shape index (κ2) is 25.1. The van der Waals surface area contributed by atoms with Crippen LogP contribution in [0.5, 0.6) is 0 Å². The Morgan fingerprint density at radius 2 is 1.24 bits per heavy atom. The van der Waals surface area contributed by atoms with Crippen LogP contribution in [0, 0.1) is 0 Å². The Kier molecular flexibility index (Phi) is 23.1. The van der Waals surface area contributed by atoms with E-state index in [-0.39, 0.29) is 25.0 Å². The van der Waals surface area contributed by atoms with Crippen molar-refractivity contribution in [1.82, 2.24) is 10.6 Å². The minimum atomic E-state index is -1.52. The highest BCUT2D eigenvalue weighted by atomic mass is 16.7. The van der Waals surface area contributed by atoms with Gasteiger partial charge in [0, 0.05) is 19.5 Å². The van der Waals surface area contributed by atoms with Crippen LogP contribution in [0.25, 0.3) is 0 Å². The molecule has 0 bridgehead atoms. The summed E-state index contributed by atoms with van der Waals surface area (Å²) < 4.78 is 11.2. The number of hydrogen-bond donors (Lipinski definition) is 6. The van der Waals surface area contributed by atoms with Gasteiger partial charge in [0.05, 0.1) is 6.61 Å². The molecule has 0 radical (unpaired) electrons. The van der Waals surface area contributed by atoms with E-state index in [0.29, 0.717) is 13.0 Å². The summed E-state index contributed by atoms with van der Waals surface area (Å²) in [5.74, 6) is -0.596. The quantitative estimate of drug-likeness (QED) is 0.0815. The van der Waals surface area contributed by atoms with Gasteiger partial charge >= 0.3 is 0 Å². The zero-order valence-corrected chi connectivity index (χ0v) is 26.6. The first-order chi connectivity index (χ1) is 20.3. The van der Waals surface area contributed by atoms with Gasteiger partial charge in [0.25, 0.3) is 0 Å². The molecule has 42 heavy (non-hydrogen) atoms. The van der Waals surface area contributed by atoms with Crippen molar-refractivity contribution in [2.24, 2.45) is 5.73 Å². The summed E-state index contributed by atoms with van der Waals surface area (Å²) in [5.41, 5.74) is 5.61. The second-order valence-corrected chi connectivity index (χ2v) is 11.9. The Morgan fingerprint density at radius 1 is 0.738 bits per heavy atom. The van der Waals surface area contributed by atoms with Gasteiger partial charge in [-0.1, -0.05) is 117 Å². The summed E-state index contributed by atoms with van der Waals surface area (Å²) in [4.78, 5) is 25.7. The minimum absolute atomic E-state index is 0.0804. The Morgan fingerprint density at radius 3 is 1.76 bits per heavy atom. The summed E-state index contributed by atoms with van der Waals surface area (Å²) >= 11 is 0. The number of ether oxygens (including phenoxy) is 2. The van der Waals surface area contributed by atoms with Crippen LogP contribution in [0.4, 0.5) is 0 Å². The first kappa shape index (κ1) is 38.7. The van der Waals surface area contributed by atoms with E-state index in [9.17, 15) is 24.9 Å². The molecule has 0 aromatic carbocycles. The lowest BCUT2D eigenvalue weighted by molar-refractivity contribution is -0.295. The highest BCUT2D eigenvalue weighted by Gasteiger charge is 2.44. The van der Waals surface area contributed by atoms with Gasteiger partial charge in [0.1, 0.15) is 30.5 Å². The number of carbonyl (C=O) groups excluding carboxylic acids is 2. The molecular weight excluding hydrogens is 538 g/mol. The van der Waals surface area contributed by atoms with Crippen LogP contribution >= 0.6 is 0 Å². The van der Waals surface area contributed by atoms with Gasteiger partial charge in [-0.05, 0) is 12.8 Å². The Bertz CT molecular complexity index is 682. The topological polar surface area (TPSA) is 163 Å². The molecule has 1 saturated heterocycles. The van der Waals surface area contributed by atoms with E-state index < -0.39 is 36.7 Å². The van der Waals surface area contributed by atoms with Crippen molar-refractivity contribution in [2.75, 3.05) is 19.7 Å². The number of aliphatic hydroxyl groups excluding tert-OH is 3. The summed E-state index contributed by atoms with van der Waals surface area (Å²) in [6, 6.07) is -0.981. The molecule has 10 heteroatoms. The number of hydrogen-bond acceptors (Lipinski definition) is 8. The van der Waals surface area contributed by atoms with E-state index in [1.54, 1.807) is 0 Å². The molecule has 7 N–H and O–H groups in total. The van der Waals surface area contributed by atoms with Gasteiger partial charge in [-0.3, -0.25) is 9.59 Å². The largest absolute Gasteiger partial charge is 0.388 e. The normalized spacial score (nSPS) is 23.0. The van der Waals surface area contributed by atoms with E-state index in [4.69, 9.17) is 15.2 Å². The predicted molar refractivity (Wildman–Crippen MR) is 166 cm³/mol. The van der Waals surface area contributed by atoms with Crippen molar-refractivity contribution < 1.29 is 34.4 Å². The molecule has 0 aromatic rings. The smallest absolute Gasteiger partial charge is 0.244 e. The summed E-state index contributed by atoms with van der Waals surface area (Å²) in [6.45, 7) is 4.59. The minimum Gasteiger partial charge on any atom is -0.388 e. The van der Waals surface area contributed by atoms with Crippen molar-refractivity contribution in [3.05, 3.63) is 0 Å². The Hall–Kier alpha value is -1.30. The maximum absolute atomic E-state index is 13.0. The van der Waals surface area contributed by atoms with Gasteiger partial charge in [0.2, 0.25) is 11.8 Å². The summed E-state index contributed by atoms with van der Waals surface area (Å²) in [5, 5.41) is 36.2. The molecule has 0 unspecified atom stereocenters. The predicted octanol–water partition coefficient (Wildman–Crippen LogP) is 3.82. The number of nitrogens with one attached hydrogen (secondary N) is 2. The lowest BCUT2D eigenvalue weighted by Gasteiger charge is -2.40. The van der Waals surface area contributed by atoms with E-state index >= 15 is 0 Å². The van der Waals surface area contributed by atoms with E-state index in [1.165, 1.54) is 77.0 Å². The van der Waals surface area contributed by atoms with E-state index in [1.807, 2.05) is 0 Å². The third-order valence-electron chi connectivity index (χ3n) is 8.07. The molecule has 0 aliphatic carbocycles. The molecule has 1 aliphatic heterocycles. The number of unbranched alkanes of at least 4 members (excludes halogenated alkanes) is 16. The standard InChI is InChI=1S/C32H63N3O7/c1-3-5-7-9-11-13-15-17-19-21-27(36)35-25(24-41-32-30(39)29(38)28(37)26(23-33)42-32)31(40)34-22-20-18-16-14-12-10-8-6-4-2/h25-26,28-30,32,37-39H,3-24,33H2,1-2H3,(H,34,40)(H,35,36)/t25-,26+,28-,29-,30+,32-/m0/s1. The molecule has 0 saturated carbocycles. The molecule has 2 amide bonds. The zero-order chi connectivity index (χ0) is 31.0. The van der Waals surface area contributed by atoms with Crippen LogP contribution in [0.3, 0.4) is 0 Å². The molecule has 1 aliphatic rings. The fourth-order valence-electron chi connectivity index (χ4n) is 5.26. The molecule has 1 rings (SSSR count). The molecular formula is C32H63N3O7. The van der Waals surface area contributed by atoms with Gasteiger partial charge < -0.3 is 41.2 Å². The summed E-state index contributed by atoms with van der Waals surface area (Å²) in [6.07, 6.45) is 14.7. The maximum atomic E-state index is 13.0. The number of amides is 2. The van der Waals surface area contributed by atoms with Crippen LogP contribution < -0.4 is 16.4 Å². The van der Waals surface area contributed by atoms with Gasteiger partial charge in [-0.25, -0.2) is 0 Å². The Labute approximate surface area is 254 Å². The third-order valence-corrected chi connectivity index (χ3v) is 8.07. The second-order valence-electron chi connectivity index (χ2n) is 11.9. The fourth-order valence-corrected chi connectivity index (χ4v) is 5.26. The van der Waals surface area contributed by atoms with Crippen molar-refractivity contribution in [1.29, 1.82) is 0 Å². The Balaban J connectivity index is 2.49. The van der Waals surface area contributed by atoms with Crippen molar-refractivity contribution in [3.8, 4) is 0 Å². The van der Waals surface area contributed by atoms with E-state index in [0.717, 1.165) is 38.5 Å². The molecule has 248 valence electrons. The molecule has 1 fully saturated rings. The summed E-state index contributed by atoms with van der Waals surface area (Å²) in [7, 11) is 0. The van der Waals surface area contributed by atoms with Crippen molar-refractivity contribution in [3.63, 3.8) is 0 Å². The van der Waals surface area contributed by atoms with Crippen LogP contribution in [-0.2, 0) is 19.1 Å². The lowest BCUT2D eigenvalue weighted by Crippen LogP contribution is -2.60. The average molecular weight is 602 g/mol. The molecule has 0 aromatic heterocycles. The molecule has 6 atom stereocenters. The number of nitrogens with two attached hydrogens (primary N) is 1.